The Hall–Kier alpha value is -0.720. The summed E-state index contributed by atoms with van der Waals surface area (Å²) in [4.78, 5) is 0. The second-order valence-corrected chi connectivity index (χ2v) is 3.55. The predicted octanol–water partition coefficient (Wildman–Crippen LogP) is 3.76. The molecule has 0 spiro atoms. The minimum Gasteiger partial charge on any atom is -0.460 e. The van der Waals surface area contributed by atoms with Gasteiger partial charge in [-0.05, 0) is 31.2 Å². The second-order valence-electron chi connectivity index (χ2n) is 3.55. The van der Waals surface area contributed by atoms with E-state index in [1.165, 1.54) is 36.8 Å². The van der Waals surface area contributed by atoms with Gasteiger partial charge < -0.3 is 4.42 Å². The zero-order chi connectivity index (χ0) is 9.52. The van der Waals surface area contributed by atoms with Crippen LogP contribution in [0.15, 0.2) is 10.7 Å². The van der Waals surface area contributed by atoms with Gasteiger partial charge >= 0.3 is 0 Å². The number of furan rings is 1. The molecule has 1 nitrogen and oxygen atoms in total. The van der Waals surface area contributed by atoms with Gasteiger partial charge in [0.25, 0.3) is 0 Å². The van der Waals surface area contributed by atoms with Crippen molar-refractivity contribution in [2.75, 3.05) is 0 Å². The predicted molar refractivity (Wildman–Crippen MR) is 54.8 cm³/mol. The highest BCUT2D eigenvalue weighted by molar-refractivity contribution is 5.20. The summed E-state index contributed by atoms with van der Waals surface area (Å²) in [5.41, 5.74) is 2.67. The van der Waals surface area contributed by atoms with Crippen LogP contribution in [0.5, 0.6) is 0 Å². The molecular formula is C12H19O. The van der Waals surface area contributed by atoms with Gasteiger partial charge in [0.15, 0.2) is 6.26 Å². The Morgan fingerprint density at radius 3 is 2.54 bits per heavy atom. The van der Waals surface area contributed by atoms with Crippen molar-refractivity contribution in [3.8, 4) is 0 Å². The lowest BCUT2D eigenvalue weighted by Gasteiger charge is -1.99. The summed E-state index contributed by atoms with van der Waals surface area (Å²) >= 11 is 0. The molecule has 0 amide bonds. The van der Waals surface area contributed by atoms with Crippen molar-refractivity contribution in [3.05, 3.63) is 23.7 Å². The van der Waals surface area contributed by atoms with Crippen molar-refractivity contribution in [1.82, 2.24) is 0 Å². The van der Waals surface area contributed by atoms with Crippen LogP contribution in [0.1, 0.15) is 50.7 Å². The van der Waals surface area contributed by atoms with Crippen LogP contribution in [0.25, 0.3) is 0 Å². The summed E-state index contributed by atoms with van der Waals surface area (Å²) in [5, 5.41) is 0. The van der Waals surface area contributed by atoms with Gasteiger partial charge in [0.1, 0.15) is 0 Å². The van der Waals surface area contributed by atoms with Crippen LogP contribution in [0, 0.1) is 6.26 Å². The Morgan fingerprint density at radius 1 is 1.15 bits per heavy atom. The third kappa shape index (κ3) is 3.25. The standard InChI is InChI=1S/C12H19O/c1-3-5-7-11-9-13-10-12(11)8-6-4-2/h9H,3-8H2,1-2H3. The minimum atomic E-state index is 1.13. The van der Waals surface area contributed by atoms with E-state index < -0.39 is 0 Å². The first-order valence-corrected chi connectivity index (χ1v) is 5.35. The quantitative estimate of drug-likeness (QED) is 0.648. The lowest BCUT2D eigenvalue weighted by molar-refractivity contribution is 0.550. The van der Waals surface area contributed by atoms with Crippen molar-refractivity contribution in [2.24, 2.45) is 0 Å². The van der Waals surface area contributed by atoms with Crippen molar-refractivity contribution < 1.29 is 4.42 Å². The molecule has 0 saturated heterocycles. The van der Waals surface area contributed by atoms with Crippen LogP contribution in [0.2, 0.25) is 0 Å². The van der Waals surface area contributed by atoms with Gasteiger partial charge in [-0.2, -0.15) is 0 Å². The van der Waals surface area contributed by atoms with Gasteiger partial charge in [-0.1, -0.05) is 26.7 Å². The molecule has 1 aromatic rings. The Bertz CT molecular complexity index is 202. The number of hydrogen-bond donors (Lipinski definition) is 0. The van der Waals surface area contributed by atoms with E-state index in [4.69, 9.17) is 4.42 Å². The Morgan fingerprint density at radius 2 is 1.85 bits per heavy atom. The molecule has 1 rings (SSSR count). The topological polar surface area (TPSA) is 13.1 Å². The van der Waals surface area contributed by atoms with E-state index in [1.807, 2.05) is 6.26 Å². The van der Waals surface area contributed by atoms with Crippen molar-refractivity contribution in [3.63, 3.8) is 0 Å². The van der Waals surface area contributed by atoms with E-state index in [0.29, 0.717) is 0 Å². The largest absolute Gasteiger partial charge is 0.460 e. The molecule has 1 heterocycles. The van der Waals surface area contributed by atoms with Crippen LogP contribution in [0.3, 0.4) is 0 Å². The maximum Gasteiger partial charge on any atom is 0.172 e. The van der Waals surface area contributed by atoms with Gasteiger partial charge in [-0.15, -0.1) is 0 Å². The van der Waals surface area contributed by atoms with Crippen LogP contribution in [-0.2, 0) is 12.8 Å². The molecule has 0 fully saturated rings. The smallest absolute Gasteiger partial charge is 0.172 e. The molecule has 0 atom stereocenters. The molecule has 0 bridgehead atoms. The molecule has 0 aliphatic carbocycles. The Balaban J connectivity index is 2.45. The number of rotatable bonds is 6. The van der Waals surface area contributed by atoms with E-state index in [-0.39, 0.29) is 0 Å². The number of aryl methyl sites for hydroxylation is 2. The van der Waals surface area contributed by atoms with Crippen molar-refractivity contribution in [2.45, 2.75) is 52.4 Å². The molecule has 0 aliphatic heterocycles. The van der Waals surface area contributed by atoms with E-state index >= 15 is 0 Å². The van der Waals surface area contributed by atoms with Crippen LogP contribution in [0.4, 0.5) is 0 Å². The third-order valence-corrected chi connectivity index (χ3v) is 2.35. The van der Waals surface area contributed by atoms with Gasteiger partial charge in [0.05, 0.1) is 6.26 Å². The normalized spacial score (nSPS) is 10.6. The molecule has 1 heteroatoms. The number of unbranched alkanes of at least 4 members (excludes halogenated alkanes) is 2. The second kappa shape index (κ2) is 5.85. The first-order valence-electron chi connectivity index (χ1n) is 5.35. The van der Waals surface area contributed by atoms with E-state index in [0.717, 1.165) is 12.8 Å². The Kier molecular flexibility index (Phi) is 4.66. The highest BCUT2D eigenvalue weighted by Crippen LogP contribution is 2.15. The van der Waals surface area contributed by atoms with E-state index in [2.05, 4.69) is 20.1 Å². The average molecular weight is 179 g/mol. The fraction of sp³-hybridized carbons (Fsp3) is 0.667. The molecule has 0 unspecified atom stereocenters. The lowest BCUT2D eigenvalue weighted by atomic mass is 10.0. The Labute approximate surface area is 81.1 Å². The molecule has 73 valence electrons. The van der Waals surface area contributed by atoms with Crippen LogP contribution in [-0.4, -0.2) is 0 Å². The van der Waals surface area contributed by atoms with Crippen molar-refractivity contribution in [1.29, 1.82) is 0 Å². The molecule has 0 aromatic carbocycles. The molecule has 0 N–H and O–H groups in total. The van der Waals surface area contributed by atoms with Gasteiger partial charge in [0.2, 0.25) is 0 Å². The summed E-state index contributed by atoms with van der Waals surface area (Å²) in [6.07, 6.45) is 12.1. The van der Waals surface area contributed by atoms with Gasteiger partial charge in [0, 0.05) is 5.56 Å². The fourth-order valence-corrected chi connectivity index (χ4v) is 1.45. The highest BCUT2D eigenvalue weighted by Gasteiger charge is 2.04. The zero-order valence-electron chi connectivity index (χ0n) is 8.73. The minimum absolute atomic E-state index is 1.13. The molecule has 13 heavy (non-hydrogen) atoms. The summed E-state index contributed by atoms with van der Waals surface area (Å²) in [6.45, 7) is 4.43. The fourth-order valence-electron chi connectivity index (χ4n) is 1.45. The number of hydrogen-bond acceptors (Lipinski definition) is 1. The monoisotopic (exact) mass is 179 g/mol. The lowest BCUT2D eigenvalue weighted by Crippen LogP contribution is -1.90. The summed E-state index contributed by atoms with van der Waals surface area (Å²) in [7, 11) is 0. The first kappa shape index (κ1) is 10.4. The summed E-state index contributed by atoms with van der Waals surface area (Å²) in [6, 6.07) is 0. The van der Waals surface area contributed by atoms with E-state index in [9.17, 15) is 0 Å². The van der Waals surface area contributed by atoms with Crippen LogP contribution >= 0.6 is 0 Å². The van der Waals surface area contributed by atoms with Crippen molar-refractivity contribution >= 4 is 0 Å². The average Bonchev–Trinajstić information content (AvgIpc) is 2.59. The third-order valence-electron chi connectivity index (χ3n) is 2.35. The maximum atomic E-state index is 5.11. The zero-order valence-corrected chi connectivity index (χ0v) is 8.73. The summed E-state index contributed by atoms with van der Waals surface area (Å²) in [5.74, 6) is 0. The summed E-state index contributed by atoms with van der Waals surface area (Å²) < 4.78 is 5.11. The van der Waals surface area contributed by atoms with E-state index in [1.54, 1.807) is 0 Å². The molecular weight excluding hydrogens is 160 g/mol. The first-order chi connectivity index (χ1) is 6.38. The highest BCUT2D eigenvalue weighted by atomic mass is 16.3. The molecule has 1 radical (unpaired) electrons. The molecule has 0 aliphatic rings. The molecule has 1 aromatic heterocycles. The maximum absolute atomic E-state index is 5.11. The van der Waals surface area contributed by atoms with Gasteiger partial charge in [-0.25, -0.2) is 0 Å². The SMILES string of the molecule is CCCCc1[c]occ1CCCC. The molecule has 0 saturated carbocycles. The van der Waals surface area contributed by atoms with Gasteiger partial charge in [-0.3, -0.25) is 0 Å². The van der Waals surface area contributed by atoms with Crippen LogP contribution < -0.4 is 0 Å².